The van der Waals surface area contributed by atoms with E-state index in [-0.39, 0.29) is 5.91 Å². The molecule has 0 atom stereocenters. The first-order valence-corrected chi connectivity index (χ1v) is 5.36. The Bertz CT molecular complexity index is 319. The second kappa shape index (κ2) is 3.14. The van der Waals surface area contributed by atoms with Crippen LogP contribution in [-0.2, 0) is 4.79 Å². The Kier molecular flexibility index (Phi) is 2.12. The topological polar surface area (TPSA) is 29.1 Å². The van der Waals surface area contributed by atoms with E-state index in [1.54, 1.807) is 11.3 Å². The van der Waals surface area contributed by atoms with Crippen LogP contribution in [0.1, 0.15) is 23.3 Å². The summed E-state index contributed by atoms with van der Waals surface area (Å²) in [4.78, 5) is 12.7. The fraction of sp³-hybridized carbons (Fsp3) is 0.500. The minimum absolute atomic E-state index is 0.196. The molecule has 1 aliphatic rings. The highest BCUT2D eigenvalue weighted by Crippen LogP contribution is 2.32. The minimum Gasteiger partial charge on any atom is -0.317 e. The highest BCUT2D eigenvalue weighted by Gasteiger charge is 2.29. The first kappa shape index (κ1) is 8.75. The fourth-order valence-corrected chi connectivity index (χ4v) is 2.14. The number of carbonyl (C=O) groups is 1. The third-order valence-corrected chi connectivity index (χ3v) is 3.43. The zero-order chi connectivity index (χ0) is 9.42. The van der Waals surface area contributed by atoms with Gasteiger partial charge in [-0.05, 0) is 38.3 Å². The second-order valence-corrected chi connectivity index (χ2v) is 4.87. The van der Waals surface area contributed by atoms with Crippen molar-refractivity contribution < 1.29 is 4.79 Å². The lowest BCUT2D eigenvalue weighted by atomic mass is 10.3. The second-order valence-electron chi connectivity index (χ2n) is 3.61. The zero-order valence-electron chi connectivity index (χ0n) is 7.89. The molecule has 0 spiro atoms. The molecule has 1 saturated carbocycles. The Hall–Kier alpha value is -0.830. The predicted molar refractivity (Wildman–Crippen MR) is 55.1 cm³/mol. The Morgan fingerprint density at radius 1 is 1.54 bits per heavy atom. The molecular formula is C10H13NOS. The molecule has 3 heteroatoms. The van der Waals surface area contributed by atoms with Crippen LogP contribution in [0.3, 0.4) is 0 Å². The van der Waals surface area contributed by atoms with Crippen LogP contribution in [0.2, 0.25) is 0 Å². The van der Waals surface area contributed by atoms with Gasteiger partial charge in [0.05, 0.1) is 5.00 Å². The van der Waals surface area contributed by atoms with E-state index in [4.69, 9.17) is 0 Å². The van der Waals surface area contributed by atoms with Gasteiger partial charge >= 0.3 is 0 Å². The third-order valence-electron chi connectivity index (χ3n) is 2.36. The maximum absolute atomic E-state index is 11.4. The molecule has 1 heterocycles. The molecule has 1 N–H and O–H groups in total. The van der Waals surface area contributed by atoms with Crippen molar-refractivity contribution in [3.8, 4) is 0 Å². The number of anilines is 1. The quantitative estimate of drug-likeness (QED) is 0.772. The van der Waals surface area contributed by atoms with Crippen molar-refractivity contribution in [2.45, 2.75) is 26.7 Å². The summed E-state index contributed by atoms with van der Waals surface area (Å²) in [7, 11) is 0. The summed E-state index contributed by atoms with van der Waals surface area (Å²) in [6.45, 7) is 4.14. The van der Waals surface area contributed by atoms with Gasteiger partial charge < -0.3 is 5.32 Å². The van der Waals surface area contributed by atoms with Gasteiger partial charge in [-0.25, -0.2) is 0 Å². The summed E-state index contributed by atoms with van der Waals surface area (Å²) in [6, 6.07) is 2.04. The highest BCUT2D eigenvalue weighted by atomic mass is 32.1. The fourth-order valence-electron chi connectivity index (χ4n) is 1.20. The maximum Gasteiger partial charge on any atom is 0.228 e. The van der Waals surface area contributed by atoms with Crippen molar-refractivity contribution in [2.24, 2.45) is 5.92 Å². The summed E-state index contributed by atoms with van der Waals surface area (Å²) in [5, 5.41) is 3.94. The smallest absolute Gasteiger partial charge is 0.228 e. The first-order valence-electron chi connectivity index (χ1n) is 4.54. The van der Waals surface area contributed by atoms with E-state index in [1.165, 1.54) is 10.4 Å². The number of nitrogens with one attached hydrogen (secondary N) is 1. The molecule has 0 unspecified atom stereocenters. The third kappa shape index (κ3) is 1.91. The molecule has 0 aliphatic heterocycles. The Labute approximate surface area is 82.0 Å². The van der Waals surface area contributed by atoms with Crippen LogP contribution in [0, 0.1) is 19.8 Å². The highest BCUT2D eigenvalue weighted by molar-refractivity contribution is 7.16. The zero-order valence-corrected chi connectivity index (χ0v) is 8.70. The van der Waals surface area contributed by atoms with Crippen LogP contribution in [0.15, 0.2) is 6.07 Å². The van der Waals surface area contributed by atoms with Crippen LogP contribution >= 0.6 is 11.3 Å². The van der Waals surface area contributed by atoms with Gasteiger partial charge in [0.25, 0.3) is 0 Å². The first-order chi connectivity index (χ1) is 6.16. The van der Waals surface area contributed by atoms with E-state index < -0.39 is 0 Å². The molecule has 1 aromatic heterocycles. The van der Waals surface area contributed by atoms with Crippen molar-refractivity contribution in [3.05, 3.63) is 16.5 Å². The molecule has 0 aromatic carbocycles. The molecule has 1 aliphatic carbocycles. The van der Waals surface area contributed by atoms with Gasteiger partial charge in [-0.1, -0.05) is 0 Å². The van der Waals surface area contributed by atoms with Crippen molar-refractivity contribution in [1.82, 2.24) is 0 Å². The summed E-state index contributed by atoms with van der Waals surface area (Å²) in [5.74, 6) is 0.490. The van der Waals surface area contributed by atoms with Gasteiger partial charge in [0.15, 0.2) is 0 Å². The van der Waals surface area contributed by atoms with Gasteiger partial charge in [-0.3, -0.25) is 4.79 Å². The number of amides is 1. The van der Waals surface area contributed by atoms with Crippen molar-refractivity contribution in [2.75, 3.05) is 5.32 Å². The van der Waals surface area contributed by atoms with Crippen LogP contribution in [0.4, 0.5) is 5.00 Å². The number of hydrogen-bond acceptors (Lipinski definition) is 2. The normalized spacial score (nSPS) is 15.8. The van der Waals surface area contributed by atoms with Crippen molar-refractivity contribution in [3.63, 3.8) is 0 Å². The van der Waals surface area contributed by atoms with Gasteiger partial charge in [-0.2, -0.15) is 0 Å². The van der Waals surface area contributed by atoms with E-state index in [2.05, 4.69) is 19.2 Å². The Morgan fingerprint density at radius 3 is 2.69 bits per heavy atom. The number of aryl methyl sites for hydroxylation is 2. The lowest BCUT2D eigenvalue weighted by molar-refractivity contribution is -0.117. The number of carbonyl (C=O) groups excluding carboxylic acids is 1. The van der Waals surface area contributed by atoms with Gasteiger partial charge in [0.2, 0.25) is 5.91 Å². The average Bonchev–Trinajstić information content (AvgIpc) is 2.81. The van der Waals surface area contributed by atoms with Gasteiger partial charge in [0.1, 0.15) is 0 Å². The van der Waals surface area contributed by atoms with Crippen LogP contribution in [0.5, 0.6) is 0 Å². The molecule has 0 saturated heterocycles. The summed E-state index contributed by atoms with van der Waals surface area (Å²) in [6.07, 6.45) is 2.13. The van der Waals surface area contributed by atoms with Gasteiger partial charge in [0, 0.05) is 10.8 Å². The maximum atomic E-state index is 11.4. The van der Waals surface area contributed by atoms with E-state index in [0.717, 1.165) is 17.8 Å². The molecule has 1 aromatic rings. The van der Waals surface area contributed by atoms with E-state index in [1.807, 2.05) is 6.07 Å². The summed E-state index contributed by atoms with van der Waals surface area (Å²) < 4.78 is 0. The predicted octanol–water partition coefficient (Wildman–Crippen LogP) is 2.71. The van der Waals surface area contributed by atoms with E-state index in [0.29, 0.717) is 5.92 Å². The Morgan fingerprint density at radius 2 is 2.23 bits per heavy atom. The largest absolute Gasteiger partial charge is 0.317 e. The Balaban J connectivity index is 2.04. The monoisotopic (exact) mass is 195 g/mol. The SMILES string of the molecule is Cc1cc(NC(=O)C2CC2)sc1C. The summed E-state index contributed by atoms with van der Waals surface area (Å²) in [5.41, 5.74) is 1.26. The molecule has 2 nitrogen and oxygen atoms in total. The van der Waals surface area contributed by atoms with Crippen molar-refractivity contribution in [1.29, 1.82) is 0 Å². The minimum atomic E-state index is 0.196. The molecular weight excluding hydrogens is 182 g/mol. The standard InChI is InChI=1S/C10H13NOS/c1-6-5-9(13-7(6)2)11-10(12)8-3-4-8/h5,8H,3-4H2,1-2H3,(H,11,12). The lowest BCUT2D eigenvalue weighted by Gasteiger charge is -1.98. The van der Waals surface area contributed by atoms with Crippen LogP contribution in [-0.4, -0.2) is 5.91 Å². The summed E-state index contributed by atoms with van der Waals surface area (Å²) >= 11 is 1.66. The number of hydrogen-bond donors (Lipinski definition) is 1. The van der Waals surface area contributed by atoms with Crippen LogP contribution < -0.4 is 5.32 Å². The van der Waals surface area contributed by atoms with Gasteiger partial charge in [-0.15, -0.1) is 11.3 Å². The molecule has 1 fully saturated rings. The lowest BCUT2D eigenvalue weighted by Crippen LogP contribution is -2.11. The number of rotatable bonds is 2. The molecule has 13 heavy (non-hydrogen) atoms. The van der Waals surface area contributed by atoms with E-state index in [9.17, 15) is 4.79 Å². The number of thiophene rings is 1. The van der Waals surface area contributed by atoms with Crippen molar-refractivity contribution >= 4 is 22.2 Å². The van der Waals surface area contributed by atoms with E-state index >= 15 is 0 Å². The average molecular weight is 195 g/mol. The molecule has 0 bridgehead atoms. The molecule has 0 radical (unpaired) electrons. The molecule has 70 valence electrons. The van der Waals surface area contributed by atoms with Crippen LogP contribution in [0.25, 0.3) is 0 Å². The molecule has 2 rings (SSSR count). The molecule has 1 amide bonds.